The Morgan fingerprint density at radius 2 is 1.52 bits per heavy atom. The minimum atomic E-state index is -3.77. The summed E-state index contributed by atoms with van der Waals surface area (Å²) in [6, 6.07) is 14.3. The molecular weight excluding hydrogens is 384 g/mol. The van der Waals surface area contributed by atoms with Gasteiger partial charge in [0.25, 0.3) is 10.0 Å². The van der Waals surface area contributed by atoms with Gasteiger partial charge >= 0.3 is 0 Å². The first kappa shape index (κ1) is 19.6. The third-order valence-electron chi connectivity index (χ3n) is 5.28. The molecular formula is C22H26N4O2S. The molecule has 0 saturated carbocycles. The van der Waals surface area contributed by atoms with Gasteiger partial charge < -0.3 is 4.90 Å². The van der Waals surface area contributed by atoms with Crippen LogP contribution < -0.4 is 9.62 Å². The summed E-state index contributed by atoms with van der Waals surface area (Å²) < 4.78 is 28.7. The maximum absolute atomic E-state index is 13.0. The summed E-state index contributed by atoms with van der Waals surface area (Å²) in [6.45, 7) is 8.02. The summed E-state index contributed by atoms with van der Waals surface area (Å²) in [7, 11) is -3.77. The fourth-order valence-corrected chi connectivity index (χ4v) is 5.02. The first-order chi connectivity index (χ1) is 13.8. The van der Waals surface area contributed by atoms with E-state index in [-0.39, 0.29) is 10.7 Å². The molecule has 1 saturated heterocycles. The highest BCUT2D eigenvalue weighted by Crippen LogP contribution is 2.32. The second kappa shape index (κ2) is 7.63. The Morgan fingerprint density at radius 3 is 2.14 bits per heavy atom. The van der Waals surface area contributed by atoms with Gasteiger partial charge in [0.2, 0.25) is 0 Å². The van der Waals surface area contributed by atoms with Crippen molar-refractivity contribution in [2.45, 2.75) is 32.1 Å². The minimum absolute atomic E-state index is 0.212. The van der Waals surface area contributed by atoms with Crippen LogP contribution in [0.25, 0.3) is 11.0 Å². The molecule has 0 unspecified atom stereocenters. The molecule has 2 heterocycles. The fraction of sp³-hybridized carbons (Fsp3) is 0.364. The van der Waals surface area contributed by atoms with Crippen molar-refractivity contribution in [1.82, 2.24) is 9.97 Å². The van der Waals surface area contributed by atoms with Gasteiger partial charge in [-0.25, -0.2) is 18.4 Å². The Bertz CT molecular complexity index is 1120. The Labute approximate surface area is 172 Å². The Morgan fingerprint density at radius 1 is 0.931 bits per heavy atom. The van der Waals surface area contributed by atoms with E-state index in [1.165, 1.54) is 0 Å². The number of anilines is 2. The molecule has 1 aliphatic heterocycles. The lowest BCUT2D eigenvalue weighted by Crippen LogP contribution is -2.39. The normalized spacial score (nSPS) is 20.0. The number of piperidine rings is 1. The average Bonchev–Trinajstić information content (AvgIpc) is 2.66. The number of sulfonamides is 1. The third kappa shape index (κ3) is 4.19. The van der Waals surface area contributed by atoms with E-state index < -0.39 is 10.0 Å². The number of hydrogen-bond donors (Lipinski definition) is 1. The molecule has 1 fully saturated rings. The largest absolute Gasteiger partial charge is 0.353 e. The number of aryl methyl sites for hydroxylation is 1. The van der Waals surface area contributed by atoms with E-state index in [0.717, 1.165) is 30.6 Å². The van der Waals surface area contributed by atoms with Crippen LogP contribution in [0, 0.1) is 18.8 Å². The Kier molecular flexibility index (Phi) is 5.17. The van der Waals surface area contributed by atoms with Crippen LogP contribution in [0.3, 0.4) is 0 Å². The molecule has 152 valence electrons. The van der Waals surface area contributed by atoms with Crippen LogP contribution in [0.4, 0.5) is 11.6 Å². The van der Waals surface area contributed by atoms with E-state index in [0.29, 0.717) is 23.2 Å². The summed E-state index contributed by atoms with van der Waals surface area (Å²) in [4.78, 5) is 11.8. The lowest BCUT2D eigenvalue weighted by Gasteiger charge is -2.36. The topological polar surface area (TPSA) is 75.2 Å². The van der Waals surface area contributed by atoms with Gasteiger partial charge in [-0.15, -0.1) is 0 Å². The molecule has 1 aromatic heterocycles. The summed E-state index contributed by atoms with van der Waals surface area (Å²) in [5.74, 6) is 1.89. The first-order valence-corrected chi connectivity index (χ1v) is 11.4. The summed E-state index contributed by atoms with van der Waals surface area (Å²) >= 11 is 0. The molecule has 0 bridgehead atoms. The highest BCUT2D eigenvalue weighted by Gasteiger charge is 2.27. The van der Waals surface area contributed by atoms with Gasteiger partial charge in [0.15, 0.2) is 11.6 Å². The average molecular weight is 411 g/mol. The van der Waals surface area contributed by atoms with Crippen LogP contribution in [0.1, 0.15) is 25.8 Å². The van der Waals surface area contributed by atoms with Crippen LogP contribution >= 0.6 is 0 Å². The van der Waals surface area contributed by atoms with E-state index in [4.69, 9.17) is 4.98 Å². The number of hydrogen-bond acceptors (Lipinski definition) is 5. The zero-order valence-electron chi connectivity index (χ0n) is 17.0. The van der Waals surface area contributed by atoms with Crippen molar-refractivity contribution in [1.29, 1.82) is 0 Å². The Balaban J connectivity index is 1.78. The molecule has 29 heavy (non-hydrogen) atoms. The van der Waals surface area contributed by atoms with Crippen molar-refractivity contribution < 1.29 is 8.42 Å². The maximum Gasteiger partial charge on any atom is 0.263 e. The smallest absolute Gasteiger partial charge is 0.263 e. The molecule has 4 rings (SSSR count). The van der Waals surface area contributed by atoms with Crippen molar-refractivity contribution in [2.75, 3.05) is 22.7 Å². The fourth-order valence-electron chi connectivity index (χ4n) is 4.02. The van der Waals surface area contributed by atoms with Crippen LogP contribution in [0.15, 0.2) is 53.4 Å². The minimum Gasteiger partial charge on any atom is -0.353 e. The molecule has 0 radical (unpaired) electrons. The molecule has 0 aliphatic carbocycles. The second-order valence-corrected chi connectivity index (χ2v) is 9.84. The van der Waals surface area contributed by atoms with Gasteiger partial charge in [0.05, 0.1) is 15.9 Å². The predicted molar refractivity (Wildman–Crippen MR) is 117 cm³/mol. The monoisotopic (exact) mass is 410 g/mol. The zero-order chi connectivity index (χ0) is 20.6. The molecule has 1 N–H and O–H groups in total. The van der Waals surface area contributed by atoms with E-state index in [2.05, 4.69) is 28.5 Å². The summed E-state index contributed by atoms with van der Waals surface area (Å²) in [6.07, 6.45) is 1.15. The van der Waals surface area contributed by atoms with Crippen molar-refractivity contribution >= 4 is 32.7 Å². The molecule has 6 nitrogen and oxygen atoms in total. The van der Waals surface area contributed by atoms with Crippen LogP contribution in [-0.2, 0) is 10.0 Å². The highest BCUT2D eigenvalue weighted by molar-refractivity contribution is 7.92. The van der Waals surface area contributed by atoms with Gasteiger partial charge in [-0.2, -0.15) is 0 Å². The molecule has 3 aromatic rings. The number of benzene rings is 2. The number of para-hydroxylation sites is 2. The van der Waals surface area contributed by atoms with Crippen LogP contribution in [0.2, 0.25) is 0 Å². The van der Waals surface area contributed by atoms with Gasteiger partial charge in [0, 0.05) is 13.1 Å². The third-order valence-corrected chi connectivity index (χ3v) is 6.64. The van der Waals surface area contributed by atoms with Crippen LogP contribution in [-0.4, -0.2) is 31.5 Å². The zero-order valence-corrected chi connectivity index (χ0v) is 17.8. The lowest BCUT2D eigenvalue weighted by molar-refractivity contribution is 0.355. The van der Waals surface area contributed by atoms with Gasteiger partial charge in [-0.1, -0.05) is 43.7 Å². The molecule has 0 spiro atoms. The van der Waals surface area contributed by atoms with Crippen molar-refractivity contribution in [3.8, 4) is 0 Å². The number of rotatable bonds is 4. The predicted octanol–water partition coefficient (Wildman–Crippen LogP) is 4.22. The Hall–Kier alpha value is -2.67. The standard InChI is InChI=1S/C22H26N4O2S/c1-15-8-10-18(11-9-15)29(27,28)25-21-22(26-13-16(2)12-17(3)14-26)24-20-7-5-4-6-19(20)23-21/h4-11,16-17H,12-14H2,1-3H3,(H,23,25)/t16-,17-/m0/s1. The van der Waals surface area contributed by atoms with E-state index in [9.17, 15) is 8.42 Å². The molecule has 2 aromatic carbocycles. The lowest BCUT2D eigenvalue weighted by atomic mass is 9.92. The van der Waals surface area contributed by atoms with E-state index in [1.54, 1.807) is 24.3 Å². The van der Waals surface area contributed by atoms with Crippen LogP contribution in [0.5, 0.6) is 0 Å². The van der Waals surface area contributed by atoms with Gasteiger partial charge in [-0.05, 0) is 49.4 Å². The quantitative estimate of drug-likeness (QED) is 0.697. The van der Waals surface area contributed by atoms with Crippen molar-refractivity contribution in [2.24, 2.45) is 11.8 Å². The van der Waals surface area contributed by atoms with E-state index >= 15 is 0 Å². The van der Waals surface area contributed by atoms with Gasteiger partial charge in [-0.3, -0.25) is 4.72 Å². The van der Waals surface area contributed by atoms with Crippen molar-refractivity contribution in [3.05, 3.63) is 54.1 Å². The van der Waals surface area contributed by atoms with Crippen molar-refractivity contribution in [3.63, 3.8) is 0 Å². The maximum atomic E-state index is 13.0. The van der Waals surface area contributed by atoms with E-state index in [1.807, 2.05) is 31.2 Å². The number of nitrogens with zero attached hydrogens (tertiary/aromatic N) is 3. The second-order valence-electron chi connectivity index (χ2n) is 8.15. The molecule has 1 aliphatic rings. The summed E-state index contributed by atoms with van der Waals surface area (Å²) in [5.41, 5.74) is 2.43. The summed E-state index contributed by atoms with van der Waals surface area (Å²) in [5, 5.41) is 0. The SMILES string of the molecule is Cc1ccc(S(=O)(=O)Nc2nc3ccccc3nc2N2C[C@@H](C)C[C@H](C)C2)cc1. The number of nitrogens with one attached hydrogen (secondary N) is 1. The first-order valence-electron chi connectivity index (χ1n) is 9.93. The molecule has 0 amide bonds. The number of fused-ring (bicyclic) bond motifs is 1. The number of aromatic nitrogens is 2. The highest BCUT2D eigenvalue weighted by atomic mass is 32.2. The van der Waals surface area contributed by atoms with Gasteiger partial charge in [0.1, 0.15) is 0 Å². The molecule has 7 heteroatoms. The molecule has 2 atom stereocenters.